The average Bonchev–Trinajstić information content (AvgIpc) is 2.95. The summed E-state index contributed by atoms with van der Waals surface area (Å²) in [5, 5.41) is 2.03. The van der Waals surface area contributed by atoms with E-state index in [4.69, 9.17) is 32.7 Å². The van der Waals surface area contributed by atoms with E-state index < -0.39 is 23.9 Å². The molecule has 0 spiro atoms. The van der Waals surface area contributed by atoms with E-state index in [2.05, 4.69) is 5.32 Å². The number of hydrogen-bond donors (Lipinski definition) is 1. The monoisotopic (exact) mass is 422 g/mol. The highest BCUT2D eigenvalue weighted by molar-refractivity contribution is 6.35. The second kappa shape index (κ2) is 6.25. The van der Waals surface area contributed by atoms with Crippen LogP contribution in [0.4, 0.5) is 9.18 Å². The van der Waals surface area contributed by atoms with E-state index in [0.717, 1.165) is 11.1 Å². The number of carbonyl (C=O) groups is 2. The van der Waals surface area contributed by atoms with E-state index in [0.29, 0.717) is 36.7 Å². The van der Waals surface area contributed by atoms with Crippen molar-refractivity contribution in [1.29, 1.82) is 0 Å². The number of nitrogens with one attached hydrogen (secondary N) is 1. The third-order valence-electron chi connectivity index (χ3n) is 5.22. The van der Waals surface area contributed by atoms with E-state index in [-0.39, 0.29) is 16.0 Å². The average molecular weight is 423 g/mol. The number of benzene rings is 2. The van der Waals surface area contributed by atoms with Crippen LogP contribution in [0.2, 0.25) is 10.0 Å². The molecule has 3 aliphatic rings. The number of imide groups is 1. The van der Waals surface area contributed by atoms with Crippen molar-refractivity contribution in [1.82, 2.24) is 10.2 Å². The zero-order chi connectivity index (χ0) is 19.6. The molecule has 5 rings (SSSR count). The standard InChI is InChI=1S/C19H13Cl2FN2O4/c20-11-3-9(4-12(21)16(11)22)17-10-7-15-14(27-1-2-28-15)6-8(10)5-13-18(25)23-19(26)24(13)17/h3-4,6-7,13,17H,1-2,5H2,(H,23,25,26)/t13-,17+/m0/s1. The zero-order valence-corrected chi connectivity index (χ0v) is 15.8. The number of ether oxygens (including phenoxy) is 2. The van der Waals surface area contributed by atoms with Crippen LogP contribution in [0.5, 0.6) is 11.5 Å². The third kappa shape index (κ3) is 2.53. The lowest BCUT2D eigenvalue weighted by Gasteiger charge is -2.38. The number of halogens is 3. The molecule has 3 heterocycles. The Labute approximate surface area is 169 Å². The molecule has 9 heteroatoms. The van der Waals surface area contributed by atoms with Gasteiger partial charge in [-0.25, -0.2) is 9.18 Å². The van der Waals surface area contributed by atoms with E-state index in [1.54, 1.807) is 6.07 Å². The number of rotatable bonds is 1. The van der Waals surface area contributed by atoms with Gasteiger partial charge in [-0.2, -0.15) is 0 Å². The van der Waals surface area contributed by atoms with Crippen LogP contribution in [-0.2, 0) is 11.2 Å². The summed E-state index contributed by atoms with van der Waals surface area (Å²) in [5.74, 6) is 0.0365. The van der Waals surface area contributed by atoms with E-state index >= 15 is 0 Å². The Morgan fingerprint density at radius 3 is 2.36 bits per heavy atom. The van der Waals surface area contributed by atoms with Gasteiger partial charge in [0.05, 0.1) is 16.1 Å². The van der Waals surface area contributed by atoms with Crippen molar-refractivity contribution in [3.05, 3.63) is 56.8 Å². The van der Waals surface area contributed by atoms with Crippen LogP contribution in [0.3, 0.4) is 0 Å². The molecule has 2 aromatic rings. The Kier molecular flexibility index (Phi) is 3.93. The van der Waals surface area contributed by atoms with Crippen molar-refractivity contribution in [2.45, 2.75) is 18.5 Å². The van der Waals surface area contributed by atoms with Gasteiger partial charge in [0.2, 0.25) is 0 Å². The van der Waals surface area contributed by atoms with Crippen molar-refractivity contribution < 1.29 is 23.5 Å². The summed E-state index contributed by atoms with van der Waals surface area (Å²) >= 11 is 12.0. The first-order valence-electron chi connectivity index (χ1n) is 8.64. The second-order valence-corrected chi connectivity index (χ2v) is 7.63. The molecule has 6 nitrogen and oxygen atoms in total. The number of amides is 3. The van der Waals surface area contributed by atoms with Gasteiger partial charge in [-0.3, -0.25) is 10.1 Å². The van der Waals surface area contributed by atoms with Crippen molar-refractivity contribution in [2.75, 3.05) is 13.2 Å². The maximum Gasteiger partial charge on any atom is 0.325 e. The first kappa shape index (κ1) is 17.6. The number of urea groups is 1. The molecule has 1 saturated heterocycles. The highest BCUT2D eigenvalue weighted by atomic mass is 35.5. The second-order valence-electron chi connectivity index (χ2n) is 6.82. The van der Waals surface area contributed by atoms with Crippen molar-refractivity contribution >= 4 is 35.1 Å². The molecule has 2 atom stereocenters. The van der Waals surface area contributed by atoms with Gasteiger partial charge in [-0.15, -0.1) is 0 Å². The van der Waals surface area contributed by atoms with E-state index in [1.165, 1.54) is 17.0 Å². The Balaban J connectivity index is 1.73. The lowest BCUT2D eigenvalue weighted by Crippen LogP contribution is -2.44. The van der Waals surface area contributed by atoms with Gasteiger partial charge < -0.3 is 14.4 Å². The largest absolute Gasteiger partial charge is 0.486 e. The first-order chi connectivity index (χ1) is 13.4. The number of hydrogen-bond acceptors (Lipinski definition) is 4. The van der Waals surface area contributed by atoms with Gasteiger partial charge in [0, 0.05) is 6.42 Å². The van der Waals surface area contributed by atoms with Gasteiger partial charge in [-0.05, 0) is 41.0 Å². The maximum atomic E-state index is 14.0. The van der Waals surface area contributed by atoms with Crippen LogP contribution in [0.25, 0.3) is 0 Å². The fraction of sp³-hybridized carbons (Fsp3) is 0.263. The predicted octanol–water partition coefficient (Wildman–Crippen LogP) is 3.47. The van der Waals surface area contributed by atoms with Crippen LogP contribution < -0.4 is 14.8 Å². The maximum absolute atomic E-state index is 14.0. The van der Waals surface area contributed by atoms with Crippen LogP contribution in [0, 0.1) is 5.82 Å². The van der Waals surface area contributed by atoms with Crippen LogP contribution in [0.1, 0.15) is 22.7 Å². The first-order valence-corrected chi connectivity index (χ1v) is 9.39. The third-order valence-corrected chi connectivity index (χ3v) is 5.77. The summed E-state index contributed by atoms with van der Waals surface area (Å²) in [6, 6.07) is 4.60. The highest BCUT2D eigenvalue weighted by Gasteiger charge is 2.47. The predicted molar refractivity (Wildman–Crippen MR) is 98.6 cm³/mol. The van der Waals surface area contributed by atoms with Crippen LogP contribution in [0.15, 0.2) is 24.3 Å². The Morgan fingerprint density at radius 2 is 1.68 bits per heavy atom. The molecule has 3 amide bonds. The minimum absolute atomic E-state index is 0.158. The molecule has 1 N–H and O–H groups in total. The Bertz CT molecular complexity index is 1020. The quantitative estimate of drug-likeness (QED) is 0.564. The van der Waals surface area contributed by atoms with E-state index in [9.17, 15) is 14.0 Å². The van der Waals surface area contributed by atoms with Crippen molar-refractivity contribution in [2.24, 2.45) is 0 Å². The minimum atomic E-state index is -0.733. The molecule has 0 bridgehead atoms. The zero-order valence-electron chi connectivity index (χ0n) is 14.3. The molecule has 2 aromatic carbocycles. The van der Waals surface area contributed by atoms with Gasteiger partial charge in [0.25, 0.3) is 5.91 Å². The molecule has 0 radical (unpaired) electrons. The summed E-state index contributed by atoms with van der Waals surface area (Å²) < 4.78 is 25.3. The van der Waals surface area contributed by atoms with Gasteiger partial charge in [-0.1, -0.05) is 23.2 Å². The molecule has 144 valence electrons. The number of nitrogens with zero attached hydrogens (tertiary/aromatic N) is 1. The fourth-order valence-electron chi connectivity index (χ4n) is 4.02. The molecule has 0 aromatic heterocycles. The van der Waals surface area contributed by atoms with Crippen LogP contribution >= 0.6 is 23.2 Å². The Morgan fingerprint density at radius 1 is 1.04 bits per heavy atom. The Hall–Kier alpha value is -2.51. The molecule has 0 saturated carbocycles. The smallest absolute Gasteiger partial charge is 0.325 e. The normalized spacial score (nSPS) is 22.6. The summed E-state index contributed by atoms with van der Waals surface area (Å²) in [4.78, 5) is 26.3. The molecular formula is C19H13Cl2FN2O4. The summed E-state index contributed by atoms with van der Waals surface area (Å²) in [7, 11) is 0. The molecule has 0 unspecified atom stereocenters. The lowest BCUT2D eigenvalue weighted by atomic mass is 9.85. The number of carbonyl (C=O) groups excluding carboxylic acids is 2. The SMILES string of the molecule is O=C1NC(=O)N2[C@H](c3cc(Cl)c(F)c(Cl)c3)c3cc4c(cc3C[C@@H]12)OCCO4. The molecule has 28 heavy (non-hydrogen) atoms. The van der Waals surface area contributed by atoms with Gasteiger partial charge >= 0.3 is 6.03 Å². The molecule has 3 aliphatic heterocycles. The topological polar surface area (TPSA) is 67.9 Å². The van der Waals surface area contributed by atoms with Gasteiger partial charge in [0.1, 0.15) is 19.3 Å². The summed E-state index contributed by atoms with van der Waals surface area (Å²) in [6.07, 6.45) is 0.336. The van der Waals surface area contributed by atoms with Crippen LogP contribution in [-0.4, -0.2) is 36.1 Å². The molecular weight excluding hydrogens is 410 g/mol. The number of fused-ring (bicyclic) bond motifs is 3. The fourth-order valence-corrected chi connectivity index (χ4v) is 4.52. The van der Waals surface area contributed by atoms with E-state index in [1.807, 2.05) is 6.07 Å². The van der Waals surface area contributed by atoms with Crippen molar-refractivity contribution in [3.8, 4) is 11.5 Å². The summed E-state index contributed by atoms with van der Waals surface area (Å²) in [6.45, 7) is 0.850. The highest BCUT2D eigenvalue weighted by Crippen LogP contribution is 2.45. The molecule has 1 fully saturated rings. The van der Waals surface area contributed by atoms with Crippen molar-refractivity contribution in [3.63, 3.8) is 0 Å². The molecule has 0 aliphatic carbocycles. The minimum Gasteiger partial charge on any atom is -0.486 e. The lowest BCUT2D eigenvalue weighted by molar-refractivity contribution is -0.121. The summed E-state index contributed by atoms with van der Waals surface area (Å²) in [5.41, 5.74) is 2.10. The van der Waals surface area contributed by atoms with Gasteiger partial charge in [0.15, 0.2) is 17.3 Å².